The van der Waals surface area contributed by atoms with Crippen molar-refractivity contribution in [2.45, 2.75) is 36.4 Å². The van der Waals surface area contributed by atoms with Crippen LogP contribution in [0.5, 0.6) is 0 Å². The van der Waals surface area contributed by atoms with Crippen LogP contribution in [-0.4, -0.2) is 50.7 Å². The highest BCUT2D eigenvalue weighted by Gasteiger charge is 2.25. The highest BCUT2D eigenvalue weighted by molar-refractivity contribution is 7.91. The number of hydrogen-bond donors (Lipinski definition) is 2. The number of nitrogens with zero attached hydrogens (tertiary/aromatic N) is 1. The normalized spacial score (nSPS) is 20.6. The summed E-state index contributed by atoms with van der Waals surface area (Å²) in [5.74, 6) is 0. The lowest BCUT2D eigenvalue weighted by molar-refractivity contribution is 0.268. The molecule has 1 atom stereocenters. The first-order valence-corrected chi connectivity index (χ1v) is 9.30. The van der Waals surface area contributed by atoms with Crippen LogP contribution in [-0.2, 0) is 16.4 Å². The molecule has 1 aromatic heterocycles. The monoisotopic (exact) mass is 318 g/mol. The van der Waals surface area contributed by atoms with E-state index < -0.39 is 10.0 Å². The molecule has 1 aliphatic rings. The Balaban J connectivity index is 1.96. The predicted octanol–water partition coefficient (Wildman–Crippen LogP) is 1.05. The third-order valence-electron chi connectivity index (χ3n) is 3.67. The van der Waals surface area contributed by atoms with Gasteiger partial charge in [-0.1, -0.05) is 6.92 Å². The molecule has 20 heavy (non-hydrogen) atoms. The van der Waals surface area contributed by atoms with Gasteiger partial charge in [-0.3, -0.25) is 4.90 Å². The lowest BCUT2D eigenvalue weighted by atomic mass is 10.2. The number of nitrogens with one attached hydrogen (secondary N) is 1. The van der Waals surface area contributed by atoms with Gasteiger partial charge >= 0.3 is 0 Å². The van der Waals surface area contributed by atoms with Gasteiger partial charge in [-0.2, -0.15) is 0 Å². The maximum absolute atomic E-state index is 12.2. The molecule has 0 saturated carbocycles. The smallest absolute Gasteiger partial charge is 0.250 e. The molecule has 1 aromatic rings. The van der Waals surface area contributed by atoms with Crippen molar-refractivity contribution in [2.75, 3.05) is 26.2 Å². The Morgan fingerprint density at radius 1 is 1.50 bits per heavy atom. The van der Waals surface area contributed by atoms with Gasteiger partial charge in [0.15, 0.2) is 0 Å². The molecular weight excluding hydrogens is 296 g/mol. The second-order valence-corrected chi connectivity index (χ2v) is 8.13. The molecule has 1 unspecified atom stereocenters. The van der Waals surface area contributed by atoms with Crippen LogP contribution in [0.25, 0.3) is 0 Å². The van der Waals surface area contributed by atoms with Gasteiger partial charge in [0.2, 0.25) is 10.0 Å². The van der Waals surface area contributed by atoms with E-state index in [0.717, 1.165) is 30.8 Å². The van der Waals surface area contributed by atoms with Crippen molar-refractivity contribution in [2.24, 2.45) is 0 Å². The van der Waals surface area contributed by atoms with Gasteiger partial charge < -0.3 is 5.11 Å². The number of likely N-dealkylation sites (N-methyl/N-ethyl adjacent to an activating group) is 1. The van der Waals surface area contributed by atoms with E-state index in [0.29, 0.717) is 23.2 Å². The van der Waals surface area contributed by atoms with Crippen LogP contribution in [0.2, 0.25) is 0 Å². The summed E-state index contributed by atoms with van der Waals surface area (Å²) >= 11 is 1.23. The molecule has 1 aliphatic heterocycles. The summed E-state index contributed by atoms with van der Waals surface area (Å²) in [5, 5.41) is 8.87. The zero-order valence-corrected chi connectivity index (χ0v) is 13.3. The molecule has 0 aromatic carbocycles. The minimum atomic E-state index is -3.42. The summed E-state index contributed by atoms with van der Waals surface area (Å²) in [7, 11) is -3.42. The van der Waals surface area contributed by atoms with Crippen LogP contribution in [0.1, 0.15) is 24.6 Å². The largest absolute Gasteiger partial charge is 0.396 e. The fourth-order valence-corrected chi connectivity index (χ4v) is 5.03. The Hall–Kier alpha value is -0.470. The number of rotatable bonds is 7. The van der Waals surface area contributed by atoms with E-state index in [2.05, 4.69) is 16.5 Å². The Kier molecular flexibility index (Phi) is 5.57. The van der Waals surface area contributed by atoms with Crippen molar-refractivity contribution in [3.63, 3.8) is 0 Å². The van der Waals surface area contributed by atoms with Crippen LogP contribution in [0.15, 0.2) is 16.3 Å². The number of aliphatic hydroxyl groups excluding tert-OH is 1. The van der Waals surface area contributed by atoms with Gasteiger partial charge in [0.25, 0.3) is 0 Å². The minimum absolute atomic E-state index is 0.0426. The fraction of sp³-hybridized carbons (Fsp3) is 0.692. The summed E-state index contributed by atoms with van der Waals surface area (Å²) < 4.78 is 27.5. The molecule has 0 aliphatic carbocycles. The van der Waals surface area contributed by atoms with Gasteiger partial charge in [0, 0.05) is 30.5 Å². The first kappa shape index (κ1) is 15.9. The third-order valence-corrected chi connectivity index (χ3v) is 6.73. The summed E-state index contributed by atoms with van der Waals surface area (Å²) in [4.78, 5) is 3.21. The Morgan fingerprint density at radius 2 is 2.30 bits per heavy atom. The van der Waals surface area contributed by atoms with Gasteiger partial charge in [-0.15, -0.1) is 11.3 Å². The topological polar surface area (TPSA) is 69.6 Å². The van der Waals surface area contributed by atoms with Crippen LogP contribution in [0.4, 0.5) is 0 Å². The Bertz CT molecular complexity index is 527. The molecule has 114 valence electrons. The minimum Gasteiger partial charge on any atom is -0.396 e. The number of thiophene rings is 1. The molecule has 0 spiro atoms. The number of aliphatic hydroxyl groups is 1. The van der Waals surface area contributed by atoms with E-state index >= 15 is 0 Å². The van der Waals surface area contributed by atoms with E-state index in [4.69, 9.17) is 5.11 Å². The summed E-state index contributed by atoms with van der Waals surface area (Å²) in [6.45, 7) is 4.65. The maximum Gasteiger partial charge on any atom is 0.250 e. The molecule has 1 fully saturated rings. The quantitative estimate of drug-likeness (QED) is 0.788. The SMILES string of the molecule is CCN1CCCC1CNS(=O)(=O)c1ccc(CCO)s1. The molecule has 0 bridgehead atoms. The maximum atomic E-state index is 12.2. The highest BCUT2D eigenvalue weighted by atomic mass is 32.2. The van der Waals surface area contributed by atoms with Crippen molar-refractivity contribution in [1.29, 1.82) is 0 Å². The van der Waals surface area contributed by atoms with Crippen LogP contribution in [0.3, 0.4) is 0 Å². The molecule has 5 nitrogen and oxygen atoms in total. The molecule has 0 amide bonds. The van der Waals surface area contributed by atoms with Gasteiger partial charge in [0.05, 0.1) is 0 Å². The number of hydrogen-bond acceptors (Lipinski definition) is 5. The molecular formula is C13H22N2O3S2. The fourth-order valence-electron chi connectivity index (χ4n) is 2.57. The molecule has 0 radical (unpaired) electrons. The van der Waals surface area contributed by atoms with E-state index in [1.807, 2.05) is 0 Å². The van der Waals surface area contributed by atoms with E-state index in [1.165, 1.54) is 11.3 Å². The second kappa shape index (κ2) is 7.00. The van der Waals surface area contributed by atoms with Crippen LogP contribution < -0.4 is 4.72 Å². The molecule has 2 heterocycles. The molecule has 2 N–H and O–H groups in total. The average molecular weight is 318 g/mol. The van der Waals surface area contributed by atoms with Crippen molar-refractivity contribution in [1.82, 2.24) is 9.62 Å². The van der Waals surface area contributed by atoms with Gasteiger partial charge in [-0.25, -0.2) is 13.1 Å². The van der Waals surface area contributed by atoms with E-state index in [-0.39, 0.29) is 6.61 Å². The second-order valence-electron chi connectivity index (χ2n) is 4.97. The van der Waals surface area contributed by atoms with Crippen molar-refractivity contribution >= 4 is 21.4 Å². The lowest BCUT2D eigenvalue weighted by Crippen LogP contribution is -2.39. The highest BCUT2D eigenvalue weighted by Crippen LogP contribution is 2.22. The van der Waals surface area contributed by atoms with E-state index in [1.54, 1.807) is 12.1 Å². The van der Waals surface area contributed by atoms with Crippen molar-refractivity contribution in [3.8, 4) is 0 Å². The molecule has 2 rings (SSSR count). The summed E-state index contributed by atoms with van der Waals surface area (Å²) in [6, 6.07) is 3.69. The van der Waals surface area contributed by atoms with Crippen LogP contribution in [0, 0.1) is 0 Å². The lowest BCUT2D eigenvalue weighted by Gasteiger charge is -2.22. The van der Waals surface area contributed by atoms with Crippen molar-refractivity contribution < 1.29 is 13.5 Å². The van der Waals surface area contributed by atoms with Crippen molar-refractivity contribution in [3.05, 3.63) is 17.0 Å². The molecule has 7 heteroatoms. The Labute approximate surface area is 124 Å². The Morgan fingerprint density at radius 3 is 3.00 bits per heavy atom. The summed E-state index contributed by atoms with van der Waals surface area (Å²) in [5.41, 5.74) is 0. The zero-order chi connectivity index (χ0) is 14.6. The van der Waals surface area contributed by atoms with Gasteiger partial charge in [0.1, 0.15) is 4.21 Å². The van der Waals surface area contributed by atoms with Gasteiger partial charge in [-0.05, 0) is 38.1 Å². The van der Waals surface area contributed by atoms with E-state index in [9.17, 15) is 8.42 Å². The standard InChI is InChI=1S/C13H22N2O3S2/c1-2-15-8-3-4-11(15)10-14-20(17,18)13-6-5-12(19-13)7-9-16/h5-6,11,14,16H,2-4,7-10H2,1H3. The average Bonchev–Trinajstić information content (AvgIpc) is 3.05. The number of sulfonamides is 1. The van der Waals surface area contributed by atoms with Crippen LogP contribution >= 0.6 is 11.3 Å². The first-order chi connectivity index (χ1) is 9.56. The third kappa shape index (κ3) is 3.79. The number of likely N-dealkylation sites (tertiary alicyclic amines) is 1. The summed E-state index contributed by atoms with van der Waals surface area (Å²) in [6.07, 6.45) is 2.70. The predicted molar refractivity (Wildman–Crippen MR) is 80.6 cm³/mol. The zero-order valence-electron chi connectivity index (χ0n) is 11.7. The first-order valence-electron chi connectivity index (χ1n) is 7.00. The molecule has 1 saturated heterocycles.